The molecule has 0 spiro atoms. The zero-order chi connectivity index (χ0) is 10.1. The summed E-state index contributed by atoms with van der Waals surface area (Å²) in [5.74, 6) is 0. The number of nitrogens with zero attached hydrogens (tertiary/aromatic N) is 3. The highest BCUT2D eigenvalue weighted by Gasteiger charge is 2.06. The van der Waals surface area contributed by atoms with Crippen LogP contribution < -0.4 is 5.73 Å². The van der Waals surface area contributed by atoms with E-state index < -0.39 is 0 Å². The van der Waals surface area contributed by atoms with Gasteiger partial charge in [0.15, 0.2) is 0 Å². The molecule has 2 aromatic rings. The molecule has 4 nitrogen and oxygen atoms in total. The number of pyridine rings is 1. The molecule has 0 saturated heterocycles. The van der Waals surface area contributed by atoms with Gasteiger partial charge in [-0.1, -0.05) is 0 Å². The van der Waals surface area contributed by atoms with Crippen molar-refractivity contribution < 1.29 is 0 Å². The molecule has 72 valence electrons. The van der Waals surface area contributed by atoms with E-state index >= 15 is 0 Å². The van der Waals surface area contributed by atoms with Gasteiger partial charge in [-0.15, -0.1) is 0 Å². The fourth-order valence-corrected chi connectivity index (χ4v) is 1.42. The monoisotopic (exact) mass is 188 g/mol. The summed E-state index contributed by atoms with van der Waals surface area (Å²) in [5, 5.41) is 4.26. The lowest BCUT2D eigenvalue weighted by molar-refractivity contribution is 0.756. The lowest BCUT2D eigenvalue weighted by atomic mass is 10.2. The van der Waals surface area contributed by atoms with Gasteiger partial charge in [0.25, 0.3) is 0 Å². The van der Waals surface area contributed by atoms with E-state index in [1.165, 1.54) is 0 Å². The van der Waals surface area contributed by atoms with E-state index in [2.05, 4.69) is 10.1 Å². The van der Waals surface area contributed by atoms with Crippen LogP contribution in [-0.2, 0) is 7.05 Å². The van der Waals surface area contributed by atoms with Gasteiger partial charge < -0.3 is 5.73 Å². The van der Waals surface area contributed by atoms with Gasteiger partial charge in [0.05, 0.1) is 23.3 Å². The van der Waals surface area contributed by atoms with Crippen LogP contribution in [0.2, 0.25) is 0 Å². The van der Waals surface area contributed by atoms with Gasteiger partial charge in [-0.25, -0.2) is 0 Å². The molecule has 2 rings (SSSR count). The Morgan fingerprint density at radius 3 is 2.64 bits per heavy atom. The quantitative estimate of drug-likeness (QED) is 0.735. The fraction of sp³-hybridized carbons (Fsp3) is 0.200. The number of hydrogen-bond acceptors (Lipinski definition) is 3. The lowest BCUT2D eigenvalue weighted by Gasteiger charge is -1.97. The van der Waals surface area contributed by atoms with Crippen LogP contribution in [-0.4, -0.2) is 14.8 Å². The summed E-state index contributed by atoms with van der Waals surface area (Å²) in [6.07, 6.45) is 3.61. The molecule has 0 bridgehead atoms. The van der Waals surface area contributed by atoms with E-state index in [-0.39, 0.29) is 0 Å². The molecule has 0 radical (unpaired) electrons. The number of nitrogens with two attached hydrogens (primary N) is 1. The van der Waals surface area contributed by atoms with E-state index in [9.17, 15) is 0 Å². The molecule has 0 aliphatic carbocycles. The van der Waals surface area contributed by atoms with Crippen LogP contribution >= 0.6 is 0 Å². The third-order valence-electron chi connectivity index (χ3n) is 2.08. The van der Waals surface area contributed by atoms with Gasteiger partial charge in [-0.2, -0.15) is 5.10 Å². The Bertz CT molecular complexity index is 442. The Balaban J connectivity index is 2.49. The molecule has 0 amide bonds. The largest absolute Gasteiger partial charge is 0.397 e. The van der Waals surface area contributed by atoms with Crippen LogP contribution in [0.15, 0.2) is 24.5 Å². The highest BCUT2D eigenvalue weighted by atomic mass is 15.2. The molecule has 0 saturated carbocycles. The fourth-order valence-electron chi connectivity index (χ4n) is 1.42. The summed E-state index contributed by atoms with van der Waals surface area (Å²) >= 11 is 0. The smallest absolute Gasteiger partial charge is 0.0737 e. The van der Waals surface area contributed by atoms with Gasteiger partial charge in [0, 0.05) is 18.8 Å². The Morgan fingerprint density at radius 2 is 2.14 bits per heavy atom. The summed E-state index contributed by atoms with van der Waals surface area (Å²) in [7, 11) is 1.90. The van der Waals surface area contributed by atoms with Crippen LogP contribution in [0.3, 0.4) is 0 Å². The highest BCUT2D eigenvalue weighted by Crippen LogP contribution is 2.20. The van der Waals surface area contributed by atoms with Crippen LogP contribution in [0.1, 0.15) is 5.69 Å². The van der Waals surface area contributed by atoms with E-state index in [4.69, 9.17) is 5.73 Å². The summed E-state index contributed by atoms with van der Waals surface area (Å²) < 4.78 is 1.78. The summed E-state index contributed by atoms with van der Waals surface area (Å²) in [6, 6.07) is 3.74. The van der Waals surface area contributed by atoms with Gasteiger partial charge >= 0.3 is 0 Å². The van der Waals surface area contributed by atoms with Crippen LogP contribution in [0.4, 0.5) is 5.69 Å². The SMILES string of the molecule is Cc1nn(C)cc1-c1ccc(N)cn1. The van der Waals surface area contributed by atoms with Crippen LogP contribution in [0.25, 0.3) is 11.3 Å². The molecule has 0 aliphatic rings. The van der Waals surface area contributed by atoms with Crippen LogP contribution in [0.5, 0.6) is 0 Å². The zero-order valence-corrected chi connectivity index (χ0v) is 8.23. The number of aryl methyl sites for hydroxylation is 2. The topological polar surface area (TPSA) is 56.7 Å². The number of aromatic nitrogens is 3. The van der Waals surface area contributed by atoms with E-state index in [0.717, 1.165) is 17.0 Å². The van der Waals surface area contributed by atoms with Crippen molar-refractivity contribution >= 4 is 5.69 Å². The molecule has 2 heterocycles. The average molecular weight is 188 g/mol. The predicted octanol–water partition coefficient (Wildman–Crippen LogP) is 1.37. The molecular weight excluding hydrogens is 176 g/mol. The van der Waals surface area contributed by atoms with Gasteiger partial charge in [0.1, 0.15) is 0 Å². The van der Waals surface area contributed by atoms with Crippen molar-refractivity contribution in [3.63, 3.8) is 0 Å². The van der Waals surface area contributed by atoms with Crippen molar-refractivity contribution in [3.8, 4) is 11.3 Å². The molecular formula is C10H12N4. The highest BCUT2D eigenvalue weighted by molar-refractivity contribution is 5.62. The van der Waals surface area contributed by atoms with Crippen LogP contribution in [0, 0.1) is 6.92 Å². The third kappa shape index (κ3) is 1.46. The Kier molecular flexibility index (Phi) is 1.96. The van der Waals surface area contributed by atoms with Crippen molar-refractivity contribution in [1.29, 1.82) is 0 Å². The average Bonchev–Trinajstić information content (AvgIpc) is 2.47. The first kappa shape index (κ1) is 8.74. The Hall–Kier alpha value is -1.84. The van der Waals surface area contributed by atoms with E-state index in [1.54, 1.807) is 10.9 Å². The van der Waals surface area contributed by atoms with E-state index in [0.29, 0.717) is 5.69 Å². The van der Waals surface area contributed by atoms with Gasteiger partial charge in [-0.3, -0.25) is 9.67 Å². The molecule has 4 heteroatoms. The van der Waals surface area contributed by atoms with Gasteiger partial charge in [-0.05, 0) is 19.1 Å². The summed E-state index contributed by atoms with van der Waals surface area (Å²) in [6.45, 7) is 1.97. The van der Waals surface area contributed by atoms with E-state index in [1.807, 2.05) is 32.3 Å². The van der Waals surface area contributed by atoms with Crippen molar-refractivity contribution in [2.45, 2.75) is 6.92 Å². The second-order valence-electron chi connectivity index (χ2n) is 3.28. The number of rotatable bonds is 1. The molecule has 0 aromatic carbocycles. The maximum atomic E-state index is 5.56. The second-order valence-corrected chi connectivity index (χ2v) is 3.28. The standard InChI is InChI=1S/C10H12N4/c1-7-9(6-14(2)13-7)10-4-3-8(11)5-12-10/h3-6H,11H2,1-2H3. The van der Waals surface area contributed by atoms with Crippen molar-refractivity contribution in [1.82, 2.24) is 14.8 Å². The predicted molar refractivity (Wildman–Crippen MR) is 55.6 cm³/mol. The molecule has 0 atom stereocenters. The van der Waals surface area contributed by atoms with Crippen molar-refractivity contribution in [2.75, 3.05) is 5.73 Å². The minimum Gasteiger partial charge on any atom is -0.397 e. The first-order chi connectivity index (χ1) is 6.66. The number of nitrogen functional groups attached to an aromatic ring is 1. The Labute approximate surface area is 82.4 Å². The molecule has 0 unspecified atom stereocenters. The molecule has 0 aliphatic heterocycles. The van der Waals surface area contributed by atoms with Crippen molar-refractivity contribution in [3.05, 3.63) is 30.2 Å². The maximum absolute atomic E-state index is 5.56. The molecule has 0 fully saturated rings. The minimum absolute atomic E-state index is 0.676. The summed E-state index contributed by atoms with van der Waals surface area (Å²) in [4.78, 5) is 4.24. The molecule has 2 N–H and O–H groups in total. The number of anilines is 1. The first-order valence-electron chi connectivity index (χ1n) is 4.39. The van der Waals surface area contributed by atoms with Crippen molar-refractivity contribution in [2.24, 2.45) is 7.05 Å². The summed E-state index contributed by atoms with van der Waals surface area (Å²) in [5.41, 5.74) is 9.17. The minimum atomic E-state index is 0.676. The second kappa shape index (κ2) is 3.14. The Morgan fingerprint density at radius 1 is 1.36 bits per heavy atom. The molecule has 2 aromatic heterocycles. The maximum Gasteiger partial charge on any atom is 0.0737 e. The zero-order valence-electron chi connectivity index (χ0n) is 8.23. The normalized spacial score (nSPS) is 10.4. The lowest BCUT2D eigenvalue weighted by Crippen LogP contribution is -1.88. The number of hydrogen-bond donors (Lipinski definition) is 1. The molecule has 14 heavy (non-hydrogen) atoms. The van der Waals surface area contributed by atoms with Gasteiger partial charge in [0.2, 0.25) is 0 Å². The third-order valence-corrected chi connectivity index (χ3v) is 2.08. The first-order valence-corrected chi connectivity index (χ1v) is 4.39.